The number of nitrogens with one attached hydrogen (secondary N) is 1. The van der Waals surface area contributed by atoms with Crippen molar-refractivity contribution in [3.8, 4) is 0 Å². The monoisotopic (exact) mass is 298 g/mol. The van der Waals surface area contributed by atoms with Crippen molar-refractivity contribution < 1.29 is 4.79 Å². The van der Waals surface area contributed by atoms with E-state index in [2.05, 4.69) is 15.3 Å². The molecular weight excluding hydrogens is 276 g/mol. The molecule has 0 saturated carbocycles. The van der Waals surface area contributed by atoms with Gasteiger partial charge in [0.05, 0.1) is 5.52 Å². The molecule has 2 aromatic rings. The van der Waals surface area contributed by atoms with Crippen LogP contribution < -0.4 is 5.32 Å². The first-order valence-corrected chi connectivity index (χ1v) is 8.14. The minimum atomic E-state index is -0.0479. The predicted octanol–water partition coefficient (Wildman–Crippen LogP) is 1.64. The van der Waals surface area contributed by atoms with Gasteiger partial charge in [-0.05, 0) is 43.8 Å². The molecule has 3 fully saturated rings. The number of aryl methyl sites for hydroxylation is 1. The Bertz CT molecular complexity index is 700. The van der Waals surface area contributed by atoms with Crippen molar-refractivity contribution in [3.63, 3.8) is 0 Å². The number of benzene rings is 1. The number of carbonyl (C=O) groups excluding carboxylic acids is 1. The van der Waals surface area contributed by atoms with Crippen molar-refractivity contribution in [1.82, 2.24) is 20.0 Å². The molecule has 3 saturated heterocycles. The van der Waals surface area contributed by atoms with Crippen LogP contribution in [0.2, 0.25) is 0 Å². The molecule has 5 heteroatoms. The fourth-order valence-electron chi connectivity index (χ4n) is 4.01. The summed E-state index contributed by atoms with van der Waals surface area (Å²) in [6, 6.07) is 7.88. The number of aromatic nitrogens is 2. The maximum Gasteiger partial charge on any atom is 0.272 e. The molecule has 5 rings (SSSR count). The molecule has 1 amide bonds. The first kappa shape index (κ1) is 13.8. The highest BCUT2D eigenvalue weighted by atomic mass is 16.1. The fraction of sp³-hybridized carbons (Fsp3) is 0.529. The zero-order valence-electron chi connectivity index (χ0n) is 13.0. The lowest BCUT2D eigenvalue weighted by molar-refractivity contribution is 0.0496. The van der Waals surface area contributed by atoms with Gasteiger partial charge in [-0.2, -0.15) is 5.10 Å². The molecule has 2 bridgehead atoms. The van der Waals surface area contributed by atoms with Gasteiger partial charge >= 0.3 is 0 Å². The lowest BCUT2D eigenvalue weighted by Gasteiger charge is -2.44. The smallest absolute Gasteiger partial charge is 0.272 e. The second-order valence-electron chi connectivity index (χ2n) is 6.60. The Morgan fingerprint density at radius 1 is 1.32 bits per heavy atom. The van der Waals surface area contributed by atoms with Crippen LogP contribution >= 0.6 is 0 Å². The first-order chi connectivity index (χ1) is 10.7. The maximum atomic E-state index is 12.5. The normalized spacial score (nSPS) is 27.2. The zero-order chi connectivity index (χ0) is 15.1. The molecule has 0 radical (unpaired) electrons. The minimum Gasteiger partial charge on any atom is -0.350 e. The average molecular weight is 298 g/mol. The van der Waals surface area contributed by atoms with Gasteiger partial charge in [0.25, 0.3) is 5.91 Å². The summed E-state index contributed by atoms with van der Waals surface area (Å²) in [6.45, 7) is 4.37. The summed E-state index contributed by atoms with van der Waals surface area (Å²) >= 11 is 0. The number of fused-ring (bicyclic) bond motifs is 4. The minimum absolute atomic E-state index is 0.0479. The van der Waals surface area contributed by atoms with Gasteiger partial charge in [0, 0.05) is 25.5 Å². The van der Waals surface area contributed by atoms with Crippen molar-refractivity contribution in [1.29, 1.82) is 0 Å². The zero-order valence-corrected chi connectivity index (χ0v) is 13.0. The number of piperidine rings is 3. The number of hydrogen-bond donors (Lipinski definition) is 1. The summed E-state index contributed by atoms with van der Waals surface area (Å²) in [5, 5.41) is 8.44. The maximum absolute atomic E-state index is 12.5. The Hall–Kier alpha value is -1.88. The van der Waals surface area contributed by atoms with Crippen molar-refractivity contribution >= 4 is 16.8 Å². The summed E-state index contributed by atoms with van der Waals surface area (Å²) in [6.07, 6.45) is 2.57. The van der Waals surface area contributed by atoms with Crippen LogP contribution in [0, 0.1) is 11.8 Å². The van der Waals surface area contributed by atoms with Gasteiger partial charge in [0.1, 0.15) is 0 Å². The van der Waals surface area contributed by atoms with E-state index in [1.54, 1.807) is 4.68 Å². The fourth-order valence-corrected chi connectivity index (χ4v) is 4.01. The molecular formula is C17H22N4O. The average Bonchev–Trinajstić information content (AvgIpc) is 2.91. The summed E-state index contributed by atoms with van der Waals surface area (Å²) in [5.41, 5.74) is 1.54. The van der Waals surface area contributed by atoms with Gasteiger partial charge in [-0.1, -0.05) is 18.2 Å². The first-order valence-electron chi connectivity index (χ1n) is 8.14. The summed E-state index contributed by atoms with van der Waals surface area (Å²) < 4.78 is 1.78. The third-order valence-corrected chi connectivity index (χ3v) is 5.29. The molecule has 1 aromatic carbocycles. The van der Waals surface area contributed by atoms with Crippen molar-refractivity contribution in [2.45, 2.75) is 12.8 Å². The highest BCUT2D eigenvalue weighted by Gasteiger charge is 2.34. The molecule has 22 heavy (non-hydrogen) atoms. The number of para-hydroxylation sites is 1. The highest BCUT2D eigenvalue weighted by molar-refractivity contribution is 6.04. The van der Waals surface area contributed by atoms with Crippen LogP contribution in [-0.4, -0.2) is 46.8 Å². The van der Waals surface area contributed by atoms with Crippen LogP contribution in [0.15, 0.2) is 24.3 Å². The molecule has 1 N–H and O–H groups in total. The van der Waals surface area contributed by atoms with E-state index in [9.17, 15) is 4.79 Å². The van der Waals surface area contributed by atoms with Crippen LogP contribution in [-0.2, 0) is 7.05 Å². The molecule has 1 unspecified atom stereocenters. The Kier molecular flexibility index (Phi) is 3.37. The Morgan fingerprint density at radius 2 is 2.09 bits per heavy atom. The van der Waals surface area contributed by atoms with Gasteiger partial charge in [-0.25, -0.2) is 0 Å². The van der Waals surface area contributed by atoms with E-state index in [1.807, 2.05) is 31.3 Å². The van der Waals surface area contributed by atoms with E-state index in [0.29, 0.717) is 11.6 Å². The van der Waals surface area contributed by atoms with Gasteiger partial charge < -0.3 is 10.2 Å². The quantitative estimate of drug-likeness (QED) is 0.937. The van der Waals surface area contributed by atoms with Crippen molar-refractivity contribution in [2.24, 2.45) is 18.9 Å². The molecule has 116 valence electrons. The van der Waals surface area contributed by atoms with E-state index in [0.717, 1.165) is 29.9 Å². The number of amides is 1. The number of nitrogens with zero attached hydrogens (tertiary/aromatic N) is 3. The van der Waals surface area contributed by atoms with E-state index in [4.69, 9.17) is 0 Å². The standard InChI is InChI=1S/C17H22N4O/c1-20-15-5-3-2-4-14(15)16(19-20)17(22)18-10-13-11-21-8-6-12(13)7-9-21/h2-5,12-13H,6-11H2,1H3,(H,18,22). The highest BCUT2D eigenvalue weighted by Crippen LogP contribution is 2.31. The molecule has 4 heterocycles. The molecule has 0 spiro atoms. The van der Waals surface area contributed by atoms with Gasteiger partial charge in [-0.3, -0.25) is 9.48 Å². The topological polar surface area (TPSA) is 50.2 Å². The van der Waals surface area contributed by atoms with Crippen LogP contribution in [0.5, 0.6) is 0 Å². The van der Waals surface area contributed by atoms with Crippen molar-refractivity contribution in [3.05, 3.63) is 30.0 Å². The Morgan fingerprint density at radius 3 is 2.82 bits per heavy atom. The molecule has 3 aliphatic rings. The second kappa shape index (κ2) is 5.39. The van der Waals surface area contributed by atoms with Crippen molar-refractivity contribution in [2.75, 3.05) is 26.2 Å². The largest absolute Gasteiger partial charge is 0.350 e. The molecule has 3 aliphatic heterocycles. The van der Waals surface area contributed by atoms with E-state index in [1.165, 1.54) is 25.9 Å². The lowest BCUT2D eigenvalue weighted by Crippen LogP contribution is -2.50. The van der Waals surface area contributed by atoms with E-state index >= 15 is 0 Å². The van der Waals surface area contributed by atoms with Gasteiger partial charge in [0.15, 0.2) is 5.69 Å². The van der Waals surface area contributed by atoms with Crippen LogP contribution in [0.25, 0.3) is 10.9 Å². The summed E-state index contributed by atoms with van der Waals surface area (Å²) in [7, 11) is 1.88. The van der Waals surface area contributed by atoms with E-state index < -0.39 is 0 Å². The number of rotatable bonds is 3. The molecule has 1 atom stereocenters. The van der Waals surface area contributed by atoms with Crippen LogP contribution in [0.1, 0.15) is 23.3 Å². The van der Waals surface area contributed by atoms with E-state index in [-0.39, 0.29) is 5.91 Å². The second-order valence-corrected chi connectivity index (χ2v) is 6.60. The molecule has 0 aliphatic carbocycles. The lowest BCUT2D eigenvalue weighted by atomic mass is 9.79. The summed E-state index contributed by atoms with van der Waals surface area (Å²) in [4.78, 5) is 15.0. The van der Waals surface area contributed by atoms with Crippen LogP contribution in [0.3, 0.4) is 0 Å². The summed E-state index contributed by atoms with van der Waals surface area (Å²) in [5.74, 6) is 1.33. The van der Waals surface area contributed by atoms with Crippen LogP contribution in [0.4, 0.5) is 0 Å². The third-order valence-electron chi connectivity index (χ3n) is 5.29. The third kappa shape index (κ3) is 2.29. The van der Waals surface area contributed by atoms with Gasteiger partial charge in [-0.15, -0.1) is 0 Å². The molecule has 1 aromatic heterocycles. The predicted molar refractivity (Wildman–Crippen MR) is 85.7 cm³/mol. The number of hydrogen-bond acceptors (Lipinski definition) is 3. The SMILES string of the molecule is Cn1nc(C(=O)NCC2CN3CCC2CC3)c2ccccc21. The molecule has 5 nitrogen and oxygen atoms in total. The number of carbonyl (C=O) groups is 1. The Labute approximate surface area is 130 Å². The Balaban J connectivity index is 1.48. The van der Waals surface area contributed by atoms with Gasteiger partial charge in [0.2, 0.25) is 0 Å².